The molecule has 5 heteroatoms. The van der Waals surface area contributed by atoms with Crippen LogP contribution in [0, 0.1) is 0 Å². The second-order valence-corrected chi connectivity index (χ2v) is 6.63. The zero-order valence-corrected chi connectivity index (χ0v) is 13.1. The van der Waals surface area contributed by atoms with E-state index >= 15 is 0 Å². The minimum absolute atomic E-state index is 0.178. The first-order valence-electron chi connectivity index (χ1n) is 7.59. The molecule has 0 aliphatic carbocycles. The van der Waals surface area contributed by atoms with Gasteiger partial charge in [0.25, 0.3) is 0 Å². The van der Waals surface area contributed by atoms with Gasteiger partial charge in [0.05, 0.1) is 17.2 Å². The second kappa shape index (κ2) is 4.99. The van der Waals surface area contributed by atoms with Crippen molar-refractivity contribution in [1.29, 1.82) is 0 Å². The zero-order valence-electron chi connectivity index (χ0n) is 12.3. The summed E-state index contributed by atoms with van der Waals surface area (Å²) in [4.78, 5) is 1.16. The highest BCUT2D eigenvalue weighted by atomic mass is 32.1. The predicted octanol–water partition coefficient (Wildman–Crippen LogP) is 4.58. The molecule has 0 fully saturated rings. The van der Waals surface area contributed by atoms with Crippen LogP contribution in [0.2, 0.25) is 0 Å². The van der Waals surface area contributed by atoms with Gasteiger partial charge in [-0.05, 0) is 29.6 Å². The van der Waals surface area contributed by atoms with Gasteiger partial charge < -0.3 is 9.15 Å². The lowest BCUT2D eigenvalue weighted by molar-refractivity contribution is -0.0165. The summed E-state index contributed by atoms with van der Waals surface area (Å²) in [6.07, 6.45) is 2.34. The topological polar surface area (TPSA) is 38.0 Å². The van der Waals surface area contributed by atoms with Crippen LogP contribution in [0.15, 0.2) is 69.7 Å². The molecular weight excluding hydrogens is 308 g/mol. The molecule has 2 atom stereocenters. The second-order valence-electron chi connectivity index (χ2n) is 5.65. The van der Waals surface area contributed by atoms with E-state index in [0.717, 1.165) is 28.5 Å². The molecule has 2 aromatic heterocycles. The van der Waals surface area contributed by atoms with Crippen molar-refractivity contribution in [2.24, 2.45) is 5.10 Å². The Kier molecular flexibility index (Phi) is 2.81. The van der Waals surface area contributed by atoms with Crippen molar-refractivity contribution in [2.45, 2.75) is 18.7 Å². The Balaban J connectivity index is 1.62. The number of ether oxygens (including phenoxy) is 1. The number of hydrazone groups is 1. The maximum atomic E-state index is 6.25. The van der Waals surface area contributed by atoms with E-state index in [1.807, 2.05) is 30.3 Å². The average Bonchev–Trinajstić information content (AvgIpc) is 3.34. The molecule has 0 radical (unpaired) electrons. The van der Waals surface area contributed by atoms with E-state index in [1.54, 1.807) is 17.6 Å². The number of para-hydroxylation sites is 1. The van der Waals surface area contributed by atoms with Crippen molar-refractivity contribution in [3.8, 4) is 5.75 Å². The smallest absolute Gasteiger partial charge is 0.222 e. The molecule has 0 saturated heterocycles. The lowest BCUT2D eigenvalue weighted by Gasteiger charge is -2.37. The van der Waals surface area contributed by atoms with Crippen molar-refractivity contribution >= 4 is 17.0 Å². The van der Waals surface area contributed by atoms with Gasteiger partial charge in [0.2, 0.25) is 6.23 Å². The summed E-state index contributed by atoms with van der Waals surface area (Å²) >= 11 is 1.69. The van der Waals surface area contributed by atoms with Gasteiger partial charge in [-0.1, -0.05) is 24.3 Å². The quantitative estimate of drug-likeness (QED) is 0.693. The number of rotatable bonds is 2. The third kappa shape index (κ3) is 2.00. The fourth-order valence-electron chi connectivity index (χ4n) is 3.25. The SMILES string of the molecule is c1coc(C2=NN3[C@@H](c4cccs4)Oc4ccccc4[C@@H]3C2)c1. The van der Waals surface area contributed by atoms with E-state index in [2.05, 4.69) is 28.6 Å². The molecule has 0 bridgehead atoms. The molecule has 0 amide bonds. The first-order chi connectivity index (χ1) is 11.4. The fraction of sp³-hybridized carbons (Fsp3) is 0.167. The van der Waals surface area contributed by atoms with Crippen LogP contribution in [0.25, 0.3) is 0 Å². The van der Waals surface area contributed by atoms with Gasteiger partial charge in [-0.15, -0.1) is 11.3 Å². The standard InChI is InChI=1S/C18H14N2O2S/c1-2-6-15-12(5-1)14-11-13(16-7-3-9-21-16)19-20(14)18(22-15)17-8-4-10-23-17/h1-10,14,18H,11H2/t14-,18+/m0/s1. The first-order valence-corrected chi connectivity index (χ1v) is 8.47. The van der Waals surface area contributed by atoms with Crippen molar-refractivity contribution < 1.29 is 9.15 Å². The van der Waals surface area contributed by atoms with Crippen LogP contribution < -0.4 is 4.74 Å². The number of thiophene rings is 1. The van der Waals surface area contributed by atoms with Crippen LogP contribution in [0.1, 0.15) is 34.9 Å². The highest BCUT2D eigenvalue weighted by molar-refractivity contribution is 7.10. The van der Waals surface area contributed by atoms with Gasteiger partial charge in [-0.3, -0.25) is 0 Å². The van der Waals surface area contributed by atoms with Crippen molar-refractivity contribution in [3.63, 3.8) is 0 Å². The summed E-state index contributed by atoms with van der Waals surface area (Å²) in [5.41, 5.74) is 2.16. The largest absolute Gasteiger partial charge is 0.464 e. The molecule has 23 heavy (non-hydrogen) atoms. The lowest BCUT2D eigenvalue weighted by atomic mass is 9.98. The Morgan fingerprint density at radius 1 is 1.09 bits per heavy atom. The first kappa shape index (κ1) is 13.0. The summed E-state index contributed by atoms with van der Waals surface area (Å²) in [5.74, 6) is 1.78. The third-order valence-corrected chi connectivity index (χ3v) is 5.19. The zero-order chi connectivity index (χ0) is 15.2. The third-order valence-electron chi connectivity index (χ3n) is 4.29. The Labute approximate surface area is 137 Å². The molecular formula is C18H14N2O2S. The molecule has 2 aliphatic rings. The Hall–Kier alpha value is -2.53. The number of benzene rings is 1. The molecule has 0 spiro atoms. The van der Waals surface area contributed by atoms with Gasteiger partial charge in [0, 0.05) is 12.0 Å². The highest BCUT2D eigenvalue weighted by Crippen LogP contribution is 2.47. The highest BCUT2D eigenvalue weighted by Gasteiger charge is 2.41. The number of nitrogens with zero attached hydrogens (tertiary/aromatic N) is 2. The van der Waals surface area contributed by atoms with Crippen LogP contribution in [0.4, 0.5) is 0 Å². The minimum Gasteiger partial charge on any atom is -0.464 e. The molecule has 0 unspecified atom stereocenters. The molecule has 1 aromatic carbocycles. The van der Waals surface area contributed by atoms with Gasteiger partial charge in [0.1, 0.15) is 17.2 Å². The van der Waals surface area contributed by atoms with Crippen molar-refractivity contribution in [1.82, 2.24) is 5.01 Å². The number of hydrogen-bond acceptors (Lipinski definition) is 5. The maximum Gasteiger partial charge on any atom is 0.222 e. The molecule has 4 nitrogen and oxygen atoms in total. The minimum atomic E-state index is -0.178. The van der Waals surface area contributed by atoms with Crippen molar-refractivity contribution in [2.75, 3.05) is 0 Å². The molecule has 0 saturated carbocycles. The van der Waals surface area contributed by atoms with Crippen LogP contribution in [-0.4, -0.2) is 10.7 Å². The lowest BCUT2D eigenvalue weighted by Crippen LogP contribution is -2.33. The van der Waals surface area contributed by atoms with E-state index in [-0.39, 0.29) is 12.3 Å². The summed E-state index contributed by atoms with van der Waals surface area (Å²) < 4.78 is 11.8. The number of fused-ring (bicyclic) bond motifs is 3. The van der Waals surface area contributed by atoms with E-state index in [1.165, 1.54) is 5.56 Å². The number of furan rings is 1. The summed E-state index contributed by atoms with van der Waals surface area (Å²) in [5, 5.41) is 8.97. The van der Waals surface area contributed by atoms with Crippen LogP contribution in [0.5, 0.6) is 5.75 Å². The maximum absolute atomic E-state index is 6.25. The van der Waals surface area contributed by atoms with E-state index in [0.29, 0.717) is 0 Å². The molecule has 4 heterocycles. The van der Waals surface area contributed by atoms with E-state index in [4.69, 9.17) is 14.3 Å². The van der Waals surface area contributed by atoms with Gasteiger partial charge >= 0.3 is 0 Å². The fourth-order valence-corrected chi connectivity index (χ4v) is 3.99. The summed E-state index contributed by atoms with van der Waals surface area (Å²) in [6.45, 7) is 0. The normalized spacial score (nSPS) is 22.3. The van der Waals surface area contributed by atoms with Crippen LogP contribution in [0.3, 0.4) is 0 Å². The van der Waals surface area contributed by atoms with E-state index in [9.17, 15) is 0 Å². The molecule has 5 rings (SSSR count). The van der Waals surface area contributed by atoms with Gasteiger partial charge in [0.15, 0.2) is 0 Å². The summed E-state index contributed by atoms with van der Waals surface area (Å²) in [6, 6.07) is 16.4. The molecule has 2 aliphatic heterocycles. The molecule has 0 N–H and O–H groups in total. The van der Waals surface area contributed by atoms with Crippen LogP contribution in [-0.2, 0) is 0 Å². The monoisotopic (exact) mass is 322 g/mol. The van der Waals surface area contributed by atoms with Gasteiger partial charge in [-0.25, -0.2) is 5.01 Å². The number of hydrogen-bond donors (Lipinski definition) is 0. The van der Waals surface area contributed by atoms with Gasteiger partial charge in [-0.2, -0.15) is 5.10 Å². The Morgan fingerprint density at radius 3 is 2.87 bits per heavy atom. The summed E-state index contributed by atoms with van der Waals surface area (Å²) in [7, 11) is 0. The Bertz CT molecular complexity index is 855. The average molecular weight is 322 g/mol. The molecule has 114 valence electrons. The van der Waals surface area contributed by atoms with Crippen LogP contribution >= 0.6 is 11.3 Å². The Morgan fingerprint density at radius 2 is 2.04 bits per heavy atom. The van der Waals surface area contributed by atoms with Crippen molar-refractivity contribution in [3.05, 3.63) is 76.4 Å². The predicted molar refractivity (Wildman–Crippen MR) is 88.6 cm³/mol. The van der Waals surface area contributed by atoms with E-state index < -0.39 is 0 Å². The molecule has 3 aromatic rings.